The van der Waals surface area contributed by atoms with Crippen LogP contribution in [0.5, 0.6) is 11.5 Å². The number of fused-ring (bicyclic) bond motifs is 1. The second kappa shape index (κ2) is 5.85. The van der Waals surface area contributed by atoms with E-state index in [0.29, 0.717) is 16.7 Å². The maximum absolute atomic E-state index is 12.1. The second-order valence-corrected chi connectivity index (χ2v) is 5.68. The van der Waals surface area contributed by atoms with Crippen LogP contribution in [0.15, 0.2) is 17.0 Å². The molecule has 1 fully saturated rings. The molecule has 124 valence electrons. The van der Waals surface area contributed by atoms with Gasteiger partial charge < -0.3 is 14.6 Å². The molecule has 0 aromatic heterocycles. The van der Waals surface area contributed by atoms with Crippen LogP contribution in [0.1, 0.15) is 5.56 Å². The Kier molecular flexibility index (Phi) is 3.85. The second-order valence-electron chi connectivity index (χ2n) is 4.68. The van der Waals surface area contributed by atoms with Crippen LogP contribution in [-0.4, -0.2) is 45.4 Å². The summed E-state index contributed by atoms with van der Waals surface area (Å²) in [7, 11) is 0. The fourth-order valence-electron chi connectivity index (χ4n) is 2.13. The molecule has 2 aliphatic rings. The van der Waals surface area contributed by atoms with Gasteiger partial charge in [-0.25, -0.2) is 0 Å². The minimum atomic E-state index is -1.34. The van der Waals surface area contributed by atoms with Gasteiger partial charge in [0.2, 0.25) is 6.79 Å². The van der Waals surface area contributed by atoms with Crippen LogP contribution >= 0.6 is 11.8 Å². The van der Waals surface area contributed by atoms with Crippen LogP contribution in [0.2, 0.25) is 0 Å². The molecular formula is C13H8N2O8S. The molecule has 0 bridgehead atoms. The van der Waals surface area contributed by atoms with Gasteiger partial charge in [-0.3, -0.25) is 29.4 Å². The number of hydrogen-bond donors (Lipinski definition) is 1. The normalized spacial score (nSPS) is 17.7. The number of carbonyl (C=O) groups is 3. The van der Waals surface area contributed by atoms with E-state index >= 15 is 0 Å². The zero-order valence-electron chi connectivity index (χ0n) is 11.8. The molecule has 0 radical (unpaired) electrons. The SMILES string of the molecule is O=C(O)CN1C(=O)S/C(=C\c2cc3c(cc2[N+](=O)[O-])OCO3)C1=O. The lowest BCUT2D eigenvalue weighted by molar-refractivity contribution is -0.385. The van der Waals surface area contributed by atoms with E-state index in [4.69, 9.17) is 14.6 Å². The number of carboxylic acid groups (broad SMARTS) is 1. The van der Waals surface area contributed by atoms with Crippen LogP contribution in [0, 0.1) is 10.1 Å². The highest BCUT2D eigenvalue weighted by Crippen LogP contribution is 2.40. The summed E-state index contributed by atoms with van der Waals surface area (Å²) in [6.07, 6.45) is 1.16. The molecule has 1 saturated heterocycles. The fourth-order valence-corrected chi connectivity index (χ4v) is 2.96. The molecular weight excluding hydrogens is 344 g/mol. The first-order valence-corrected chi connectivity index (χ1v) is 7.23. The number of aliphatic carboxylic acids is 1. The molecule has 0 spiro atoms. The molecule has 2 heterocycles. The van der Waals surface area contributed by atoms with Crippen molar-refractivity contribution in [3.63, 3.8) is 0 Å². The van der Waals surface area contributed by atoms with E-state index in [1.807, 2.05) is 0 Å². The van der Waals surface area contributed by atoms with E-state index in [1.165, 1.54) is 6.07 Å². The molecule has 0 aliphatic carbocycles. The molecule has 1 aromatic carbocycles. The number of imide groups is 1. The lowest BCUT2D eigenvalue weighted by Gasteiger charge is -2.07. The van der Waals surface area contributed by atoms with Gasteiger partial charge in [0.15, 0.2) is 11.5 Å². The Balaban J connectivity index is 2.00. The van der Waals surface area contributed by atoms with Crippen molar-refractivity contribution in [2.75, 3.05) is 13.3 Å². The number of nitro groups is 1. The van der Waals surface area contributed by atoms with Gasteiger partial charge in [-0.15, -0.1) is 0 Å². The third kappa shape index (κ3) is 2.76. The smallest absolute Gasteiger partial charge is 0.323 e. The summed E-state index contributed by atoms with van der Waals surface area (Å²) in [5, 5.41) is 19.1. The van der Waals surface area contributed by atoms with Gasteiger partial charge in [-0.2, -0.15) is 0 Å². The summed E-state index contributed by atoms with van der Waals surface area (Å²) >= 11 is 0.513. The number of carboxylic acids is 1. The zero-order chi connectivity index (χ0) is 17.4. The van der Waals surface area contributed by atoms with Gasteiger partial charge in [-0.1, -0.05) is 0 Å². The zero-order valence-corrected chi connectivity index (χ0v) is 12.6. The van der Waals surface area contributed by atoms with Crippen molar-refractivity contribution in [3.8, 4) is 11.5 Å². The van der Waals surface area contributed by atoms with Crippen molar-refractivity contribution in [2.45, 2.75) is 0 Å². The van der Waals surface area contributed by atoms with Crippen molar-refractivity contribution >= 4 is 40.6 Å². The third-order valence-corrected chi connectivity index (χ3v) is 4.08. The number of carbonyl (C=O) groups excluding carboxylic acids is 2. The average Bonchev–Trinajstić information content (AvgIpc) is 3.06. The van der Waals surface area contributed by atoms with Crippen LogP contribution in [0.25, 0.3) is 6.08 Å². The predicted molar refractivity (Wildman–Crippen MR) is 79.5 cm³/mol. The standard InChI is InChI=1S/C13H8N2O8S/c16-11(17)4-14-12(18)10(24-13(14)19)2-6-1-8-9(23-5-22-8)3-7(6)15(20)21/h1-3H,4-5H2,(H,16,17)/b10-2-. The number of nitrogens with zero attached hydrogens (tertiary/aromatic N) is 2. The molecule has 2 aliphatic heterocycles. The third-order valence-electron chi connectivity index (χ3n) is 3.17. The number of amides is 2. The van der Waals surface area contributed by atoms with Gasteiger partial charge in [0.25, 0.3) is 16.8 Å². The number of benzene rings is 1. The summed E-state index contributed by atoms with van der Waals surface area (Å²) in [4.78, 5) is 45.5. The van der Waals surface area contributed by atoms with Crippen molar-refractivity contribution in [2.24, 2.45) is 0 Å². The lowest BCUT2D eigenvalue weighted by Crippen LogP contribution is -2.33. The molecule has 0 atom stereocenters. The Morgan fingerprint density at radius 1 is 1.38 bits per heavy atom. The number of nitro benzene ring substituents is 1. The molecule has 0 saturated carbocycles. The van der Waals surface area contributed by atoms with E-state index in [-0.39, 0.29) is 34.4 Å². The average molecular weight is 352 g/mol. The maximum Gasteiger partial charge on any atom is 0.323 e. The highest BCUT2D eigenvalue weighted by atomic mass is 32.2. The molecule has 10 nitrogen and oxygen atoms in total. The first-order valence-electron chi connectivity index (χ1n) is 6.42. The fraction of sp³-hybridized carbons (Fsp3) is 0.154. The van der Waals surface area contributed by atoms with E-state index < -0.39 is 28.6 Å². The van der Waals surface area contributed by atoms with E-state index in [1.54, 1.807) is 0 Å². The van der Waals surface area contributed by atoms with Crippen molar-refractivity contribution in [3.05, 3.63) is 32.7 Å². The van der Waals surface area contributed by atoms with Gasteiger partial charge in [0.05, 0.1) is 21.5 Å². The van der Waals surface area contributed by atoms with Crippen molar-refractivity contribution < 1.29 is 33.9 Å². The largest absolute Gasteiger partial charge is 0.480 e. The van der Waals surface area contributed by atoms with Crippen LogP contribution in [0.4, 0.5) is 10.5 Å². The summed E-state index contributed by atoms with van der Waals surface area (Å²) in [6, 6.07) is 2.49. The molecule has 2 amide bonds. The number of thioether (sulfide) groups is 1. The topological polar surface area (TPSA) is 136 Å². The van der Waals surface area contributed by atoms with E-state index in [2.05, 4.69) is 0 Å². The number of hydrogen-bond acceptors (Lipinski definition) is 8. The molecule has 3 rings (SSSR count). The molecule has 0 unspecified atom stereocenters. The van der Waals surface area contributed by atoms with Gasteiger partial charge >= 0.3 is 5.97 Å². The van der Waals surface area contributed by atoms with E-state index in [9.17, 15) is 24.5 Å². The van der Waals surface area contributed by atoms with Crippen LogP contribution < -0.4 is 9.47 Å². The summed E-state index contributed by atoms with van der Waals surface area (Å²) in [6.45, 7) is -0.851. The number of ether oxygens (including phenoxy) is 2. The number of rotatable bonds is 4. The molecule has 1 aromatic rings. The Bertz CT molecular complexity index is 818. The quantitative estimate of drug-likeness (QED) is 0.485. The Morgan fingerprint density at radius 3 is 2.67 bits per heavy atom. The van der Waals surface area contributed by atoms with Crippen LogP contribution in [-0.2, 0) is 9.59 Å². The Morgan fingerprint density at radius 2 is 2.04 bits per heavy atom. The van der Waals surface area contributed by atoms with Gasteiger partial charge in [0.1, 0.15) is 6.54 Å². The minimum absolute atomic E-state index is 0.0464. The monoisotopic (exact) mass is 352 g/mol. The maximum atomic E-state index is 12.1. The highest BCUT2D eigenvalue weighted by Gasteiger charge is 2.37. The summed E-state index contributed by atoms with van der Waals surface area (Å²) in [5.41, 5.74) is -0.283. The Labute approximate surface area is 137 Å². The first-order chi connectivity index (χ1) is 11.4. The van der Waals surface area contributed by atoms with E-state index in [0.717, 1.165) is 12.1 Å². The Hall–Kier alpha value is -3.08. The predicted octanol–water partition coefficient (Wildman–Crippen LogP) is 1.44. The molecule has 1 N–H and O–H groups in total. The van der Waals surface area contributed by atoms with Gasteiger partial charge in [-0.05, 0) is 23.9 Å². The van der Waals surface area contributed by atoms with Gasteiger partial charge in [0, 0.05) is 0 Å². The summed E-state index contributed by atoms with van der Waals surface area (Å²) < 4.78 is 10.2. The lowest BCUT2D eigenvalue weighted by atomic mass is 10.1. The minimum Gasteiger partial charge on any atom is -0.480 e. The molecule has 24 heavy (non-hydrogen) atoms. The van der Waals surface area contributed by atoms with Crippen molar-refractivity contribution in [1.82, 2.24) is 4.90 Å². The van der Waals surface area contributed by atoms with Crippen LogP contribution in [0.3, 0.4) is 0 Å². The molecule has 11 heteroatoms. The first kappa shape index (κ1) is 15.8. The summed E-state index contributed by atoms with van der Waals surface area (Å²) in [5.74, 6) is -1.68. The van der Waals surface area contributed by atoms with Crippen molar-refractivity contribution in [1.29, 1.82) is 0 Å². The highest BCUT2D eigenvalue weighted by molar-refractivity contribution is 8.18.